The summed E-state index contributed by atoms with van der Waals surface area (Å²) in [5.41, 5.74) is 0.487. The second-order valence-electron chi connectivity index (χ2n) is 6.39. The first-order valence-corrected chi connectivity index (χ1v) is 10.6. The number of nitrogens with one attached hydrogen (secondary N) is 2. The summed E-state index contributed by atoms with van der Waals surface area (Å²) in [5, 5.41) is 2.83. The molecule has 0 aliphatic carbocycles. The Balaban J connectivity index is 1.80. The summed E-state index contributed by atoms with van der Waals surface area (Å²) in [6.45, 7) is 1.78. The summed E-state index contributed by atoms with van der Waals surface area (Å²) in [6.07, 6.45) is 0.892. The quantitative estimate of drug-likeness (QED) is 0.712. The monoisotopic (exact) mass is 424 g/mol. The third-order valence-electron chi connectivity index (χ3n) is 4.41. The lowest BCUT2D eigenvalue weighted by Crippen LogP contribution is -2.29. The predicted molar refractivity (Wildman–Crippen MR) is 107 cm³/mol. The molecule has 1 saturated heterocycles. The summed E-state index contributed by atoms with van der Waals surface area (Å²) < 4.78 is 38.6. The first kappa shape index (κ1) is 20.4. The fourth-order valence-corrected chi connectivity index (χ4v) is 4.46. The summed E-state index contributed by atoms with van der Waals surface area (Å²) >= 11 is 6.11. The molecule has 2 aromatic carbocycles. The summed E-state index contributed by atoms with van der Waals surface area (Å²) in [4.78, 5) is 12.2. The number of sulfonamides is 1. The maximum atomic E-state index is 12.8. The van der Waals surface area contributed by atoms with Crippen LogP contribution in [0.1, 0.15) is 16.8 Å². The van der Waals surface area contributed by atoms with Gasteiger partial charge in [-0.1, -0.05) is 23.7 Å². The lowest BCUT2D eigenvalue weighted by Gasteiger charge is -2.14. The molecule has 9 heteroatoms. The summed E-state index contributed by atoms with van der Waals surface area (Å²) in [7, 11) is -2.58. The zero-order valence-corrected chi connectivity index (χ0v) is 16.8. The summed E-state index contributed by atoms with van der Waals surface area (Å²) in [6, 6.07) is 10.8. The van der Waals surface area contributed by atoms with Crippen LogP contribution in [-0.2, 0) is 14.8 Å². The average Bonchev–Trinajstić information content (AvgIpc) is 3.20. The average molecular weight is 425 g/mol. The third kappa shape index (κ3) is 4.76. The van der Waals surface area contributed by atoms with Crippen LogP contribution in [0.2, 0.25) is 5.02 Å². The molecular formula is C19H21ClN2O5S. The Morgan fingerprint density at radius 1 is 1.29 bits per heavy atom. The van der Waals surface area contributed by atoms with Crippen molar-refractivity contribution in [3.63, 3.8) is 0 Å². The lowest BCUT2D eigenvalue weighted by molar-refractivity contribution is 0.0945. The molecule has 1 atom stereocenters. The molecule has 1 aliphatic rings. The molecule has 0 spiro atoms. The molecule has 3 rings (SSSR count). The molecule has 0 radical (unpaired) electrons. The minimum absolute atomic E-state index is 0.0168. The Hall–Kier alpha value is -2.29. The number of anilines is 1. The van der Waals surface area contributed by atoms with Crippen molar-refractivity contribution in [3.05, 3.63) is 53.1 Å². The van der Waals surface area contributed by atoms with Crippen molar-refractivity contribution >= 4 is 33.2 Å². The standard InChI is InChI=1S/C19H21ClN2O5S/c1-26-17-5-3-2-4-16(17)22-28(24,25)18-10-14(6-7-15(18)20)19(23)21-11-13-8-9-27-12-13/h2-7,10,13,22H,8-9,11-12H2,1H3,(H,21,23). The van der Waals surface area contributed by atoms with Gasteiger partial charge in [0.2, 0.25) is 0 Å². The van der Waals surface area contributed by atoms with Crippen LogP contribution in [0.4, 0.5) is 5.69 Å². The number of ether oxygens (including phenoxy) is 2. The van der Waals surface area contributed by atoms with Crippen LogP contribution in [0, 0.1) is 5.92 Å². The number of hydrogen-bond acceptors (Lipinski definition) is 5. The Bertz CT molecular complexity index is 959. The largest absolute Gasteiger partial charge is 0.495 e. The number of hydrogen-bond donors (Lipinski definition) is 2. The minimum atomic E-state index is -4.03. The number of amides is 1. The van der Waals surface area contributed by atoms with E-state index in [1.807, 2.05) is 0 Å². The van der Waals surface area contributed by atoms with Gasteiger partial charge in [0.25, 0.3) is 15.9 Å². The highest BCUT2D eigenvalue weighted by molar-refractivity contribution is 7.92. The van der Waals surface area contributed by atoms with Crippen LogP contribution in [0.5, 0.6) is 5.75 Å². The van der Waals surface area contributed by atoms with Crippen molar-refractivity contribution in [1.29, 1.82) is 0 Å². The summed E-state index contributed by atoms with van der Waals surface area (Å²) in [5.74, 6) is 0.277. The Morgan fingerprint density at radius 2 is 2.07 bits per heavy atom. The highest BCUT2D eigenvalue weighted by atomic mass is 35.5. The van der Waals surface area contributed by atoms with Gasteiger partial charge in [-0.3, -0.25) is 9.52 Å². The molecule has 2 aromatic rings. The molecule has 0 bridgehead atoms. The van der Waals surface area contributed by atoms with Gasteiger partial charge in [-0.05, 0) is 36.8 Å². The molecule has 7 nitrogen and oxygen atoms in total. The number of rotatable bonds is 7. The highest BCUT2D eigenvalue weighted by Crippen LogP contribution is 2.29. The molecule has 0 saturated carbocycles. The van der Waals surface area contributed by atoms with E-state index in [1.54, 1.807) is 24.3 Å². The number of benzene rings is 2. The molecule has 1 aliphatic heterocycles. The minimum Gasteiger partial charge on any atom is -0.495 e. The number of carbonyl (C=O) groups excluding carboxylic acids is 1. The first-order valence-electron chi connectivity index (χ1n) is 8.72. The van der Waals surface area contributed by atoms with Crippen molar-refractivity contribution in [3.8, 4) is 5.75 Å². The molecule has 1 heterocycles. The van der Waals surface area contributed by atoms with Crippen molar-refractivity contribution in [1.82, 2.24) is 5.32 Å². The van der Waals surface area contributed by atoms with Gasteiger partial charge in [0.1, 0.15) is 10.6 Å². The van der Waals surface area contributed by atoms with Gasteiger partial charge < -0.3 is 14.8 Å². The zero-order valence-electron chi connectivity index (χ0n) is 15.3. The molecule has 1 fully saturated rings. The Kier molecular flexibility index (Phi) is 6.43. The van der Waals surface area contributed by atoms with Crippen molar-refractivity contribution in [2.45, 2.75) is 11.3 Å². The first-order chi connectivity index (χ1) is 13.4. The normalized spacial score (nSPS) is 16.6. The van der Waals surface area contributed by atoms with Crippen LogP contribution in [0.3, 0.4) is 0 Å². The van der Waals surface area contributed by atoms with Crippen LogP contribution in [0.15, 0.2) is 47.4 Å². The highest BCUT2D eigenvalue weighted by Gasteiger charge is 2.22. The number of methoxy groups -OCH3 is 1. The van der Waals surface area contributed by atoms with E-state index in [-0.39, 0.29) is 33.0 Å². The second-order valence-corrected chi connectivity index (χ2v) is 8.45. The molecule has 1 unspecified atom stereocenters. The second kappa shape index (κ2) is 8.81. The van der Waals surface area contributed by atoms with E-state index in [0.717, 1.165) is 6.42 Å². The van der Waals surface area contributed by atoms with Gasteiger partial charge in [-0.15, -0.1) is 0 Å². The molecule has 150 valence electrons. The van der Waals surface area contributed by atoms with E-state index in [9.17, 15) is 13.2 Å². The number of halogens is 1. The smallest absolute Gasteiger partial charge is 0.263 e. The van der Waals surface area contributed by atoms with Gasteiger partial charge in [0.15, 0.2) is 0 Å². The molecule has 28 heavy (non-hydrogen) atoms. The van der Waals surface area contributed by atoms with E-state index >= 15 is 0 Å². The van der Waals surface area contributed by atoms with Gasteiger partial charge in [0, 0.05) is 24.6 Å². The van der Waals surface area contributed by atoms with E-state index < -0.39 is 10.0 Å². The van der Waals surface area contributed by atoms with Crippen LogP contribution in [-0.4, -0.2) is 41.2 Å². The Labute approximate surface area is 169 Å². The van der Waals surface area contributed by atoms with Crippen molar-refractivity contribution < 1.29 is 22.7 Å². The lowest BCUT2D eigenvalue weighted by atomic mass is 10.1. The van der Waals surface area contributed by atoms with Crippen LogP contribution in [0.25, 0.3) is 0 Å². The maximum absolute atomic E-state index is 12.8. The Morgan fingerprint density at radius 3 is 2.79 bits per heavy atom. The topological polar surface area (TPSA) is 93.7 Å². The fourth-order valence-electron chi connectivity index (χ4n) is 2.86. The molecule has 0 aromatic heterocycles. The van der Waals surface area contributed by atoms with Crippen molar-refractivity contribution in [2.24, 2.45) is 5.92 Å². The SMILES string of the molecule is COc1ccccc1NS(=O)(=O)c1cc(C(=O)NCC2CCOC2)ccc1Cl. The molecule has 2 N–H and O–H groups in total. The van der Waals surface area contributed by atoms with Crippen LogP contribution >= 0.6 is 11.6 Å². The zero-order chi connectivity index (χ0) is 20.1. The van der Waals surface area contributed by atoms with Gasteiger partial charge in [-0.25, -0.2) is 8.42 Å². The maximum Gasteiger partial charge on any atom is 0.263 e. The van der Waals surface area contributed by atoms with E-state index in [2.05, 4.69) is 10.0 Å². The van der Waals surface area contributed by atoms with E-state index in [0.29, 0.717) is 25.5 Å². The van der Waals surface area contributed by atoms with E-state index in [4.69, 9.17) is 21.1 Å². The van der Waals surface area contributed by atoms with Gasteiger partial charge in [0.05, 0.1) is 24.4 Å². The van der Waals surface area contributed by atoms with E-state index in [1.165, 1.54) is 25.3 Å². The van der Waals surface area contributed by atoms with Crippen LogP contribution < -0.4 is 14.8 Å². The fraction of sp³-hybridized carbons (Fsp3) is 0.316. The van der Waals surface area contributed by atoms with Gasteiger partial charge >= 0.3 is 0 Å². The van der Waals surface area contributed by atoms with Crippen molar-refractivity contribution in [2.75, 3.05) is 31.6 Å². The predicted octanol–water partition coefficient (Wildman–Crippen LogP) is 2.92. The molecular weight excluding hydrogens is 404 g/mol. The number of para-hydroxylation sites is 2. The number of carbonyl (C=O) groups is 1. The van der Waals surface area contributed by atoms with Gasteiger partial charge in [-0.2, -0.15) is 0 Å². The third-order valence-corrected chi connectivity index (χ3v) is 6.26. The molecule has 1 amide bonds.